The van der Waals surface area contributed by atoms with E-state index in [1.807, 2.05) is 16.8 Å². The summed E-state index contributed by atoms with van der Waals surface area (Å²) in [4.78, 5) is 30.4. The van der Waals surface area contributed by atoms with Crippen LogP contribution in [0, 0.1) is 0 Å². The molecule has 184 valence electrons. The number of ether oxygens (including phenoxy) is 2. The van der Waals surface area contributed by atoms with E-state index in [0.717, 1.165) is 4.90 Å². The van der Waals surface area contributed by atoms with Crippen LogP contribution in [0.15, 0.2) is 18.2 Å². The number of halogens is 3. The van der Waals surface area contributed by atoms with Crippen molar-refractivity contribution in [3.05, 3.63) is 23.8 Å². The fourth-order valence-electron chi connectivity index (χ4n) is 4.10. The van der Waals surface area contributed by atoms with E-state index in [9.17, 15) is 22.8 Å². The number of esters is 1. The molecule has 1 aromatic rings. The molecule has 0 unspecified atom stereocenters. The van der Waals surface area contributed by atoms with Crippen LogP contribution < -0.4 is 9.80 Å². The van der Waals surface area contributed by atoms with Crippen molar-refractivity contribution in [1.29, 1.82) is 0 Å². The van der Waals surface area contributed by atoms with Crippen LogP contribution in [0.4, 0.5) is 24.5 Å². The maximum absolute atomic E-state index is 13.7. The van der Waals surface area contributed by atoms with Crippen molar-refractivity contribution >= 4 is 23.3 Å². The number of alkyl halides is 3. The van der Waals surface area contributed by atoms with Gasteiger partial charge in [0.15, 0.2) is 0 Å². The van der Waals surface area contributed by atoms with Crippen LogP contribution in [-0.2, 0) is 14.3 Å². The highest BCUT2D eigenvalue weighted by molar-refractivity contribution is 6.05. The lowest BCUT2D eigenvalue weighted by molar-refractivity contribution is -0.171. The van der Waals surface area contributed by atoms with Crippen molar-refractivity contribution in [1.82, 2.24) is 4.90 Å². The van der Waals surface area contributed by atoms with E-state index >= 15 is 0 Å². The molecular formula is C23H32F3N3O4. The van der Waals surface area contributed by atoms with Crippen LogP contribution in [0.1, 0.15) is 44.0 Å². The summed E-state index contributed by atoms with van der Waals surface area (Å²) in [5, 5.41) is 0. The first-order valence-corrected chi connectivity index (χ1v) is 11.2. The second-order valence-electron chi connectivity index (χ2n) is 9.51. The van der Waals surface area contributed by atoms with Gasteiger partial charge in [0.05, 0.1) is 24.5 Å². The van der Waals surface area contributed by atoms with Gasteiger partial charge in [-0.25, -0.2) is 4.79 Å². The van der Waals surface area contributed by atoms with Gasteiger partial charge in [0.2, 0.25) is 0 Å². The molecule has 0 radical (unpaired) electrons. The Kier molecular flexibility index (Phi) is 7.58. The standard InChI is InChI=1S/C23H32F3N3O4/c1-22(2,3)33-20(30)18-6-5-17(28-11-13-32-14-12-28)15-19(18)29(21(31)23(24,25)26)16-7-9-27(4)10-8-16/h5-6,15-16H,7-14H2,1-4H3. The quantitative estimate of drug-likeness (QED) is 0.627. The van der Waals surface area contributed by atoms with Gasteiger partial charge in [0, 0.05) is 24.8 Å². The number of likely N-dealkylation sites (tertiary alicyclic amines) is 1. The zero-order valence-electron chi connectivity index (χ0n) is 19.6. The predicted octanol–water partition coefficient (Wildman–Crippen LogP) is 3.47. The highest BCUT2D eigenvalue weighted by Crippen LogP contribution is 2.35. The number of carbonyl (C=O) groups excluding carboxylic acids is 2. The Morgan fingerprint density at radius 3 is 2.21 bits per heavy atom. The van der Waals surface area contributed by atoms with Crippen LogP contribution in [-0.4, -0.2) is 81.0 Å². The molecule has 0 spiro atoms. The molecule has 0 saturated carbocycles. The third-order valence-corrected chi connectivity index (χ3v) is 5.75. The Balaban J connectivity index is 2.10. The minimum absolute atomic E-state index is 0.0570. The Bertz CT molecular complexity index is 855. The Labute approximate surface area is 192 Å². The zero-order valence-corrected chi connectivity index (χ0v) is 19.6. The average Bonchev–Trinajstić information content (AvgIpc) is 2.74. The fourth-order valence-corrected chi connectivity index (χ4v) is 4.10. The predicted molar refractivity (Wildman–Crippen MR) is 119 cm³/mol. The minimum Gasteiger partial charge on any atom is -0.456 e. The van der Waals surface area contributed by atoms with Crippen molar-refractivity contribution in [3.63, 3.8) is 0 Å². The minimum atomic E-state index is -5.08. The van der Waals surface area contributed by atoms with E-state index in [0.29, 0.717) is 57.9 Å². The van der Waals surface area contributed by atoms with Crippen LogP contribution in [0.3, 0.4) is 0 Å². The van der Waals surface area contributed by atoms with Gasteiger partial charge >= 0.3 is 18.1 Å². The number of anilines is 2. The highest BCUT2D eigenvalue weighted by atomic mass is 19.4. The van der Waals surface area contributed by atoms with Gasteiger partial charge in [-0.05, 0) is 71.9 Å². The molecular weight excluding hydrogens is 439 g/mol. The van der Waals surface area contributed by atoms with Crippen LogP contribution in [0.25, 0.3) is 0 Å². The summed E-state index contributed by atoms with van der Waals surface area (Å²) in [6, 6.07) is 3.96. The molecule has 2 aliphatic heterocycles. The average molecular weight is 472 g/mol. The molecule has 2 saturated heterocycles. The lowest BCUT2D eigenvalue weighted by Gasteiger charge is -2.39. The van der Waals surface area contributed by atoms with Gasteiger partial charge in [-0.3, -0.25) is 4.79 Å². The fraction of sp³-hybridized carbons (Fsp3) is 0.652. The van der Waals surface area contributed by atoms with Gasteiger partial charge in [-0.1, -0.05) is 0 Å². The van der Waals surface area contributed by atoms with E-state index in [1.54, 1.807) is 26.8 Å². The molecule has 1 amide bonds. The molecule has 10 heteroatoms. The zero-order chi connectivity index (χ0) is 24.4. The molecule has 0 aromatic heterocycles. The number of piperidine rings is 1. The number of morpholine rings is 1. The molecule has 0 aliphatic carbocycles. The molecule has 2 fully saturated rings. The first kappa shape index (κ1) is 25.3. The number of nitrogens with zero attached hydrogens (tertiary/aromatic N) is 3. The Morgan fingerprint density at radius 1 is 1.06 bits per heavy atom. The maximum atomic E-state index is 13.7. The summed E-state index contributed by atoms with van der Waals surface area (Å²) < 4.78 is 52.0. The number of benzene rings is 1. The van der Waals surface area contributed by atoms with E-state index in [4.69, 9.17) is 9.47 Å². The topological polar surface area (TPSA) is 62.3 Å². The third kappa shape index (κ3) is 6.38. The van der Waals surface area contributed by atoms with E-state index in [-0.39, 0.29) is 11.3 Å². The van der Waals surface area contributed by atoms with Gasteiger partial charge in [-0.2, -0.15) is 13.2 Å². The van der Waals surface area contributed by atoms with E-state index < -0.39 is 29.7 Å². The molecule has 2 heterocycles. The van der Waals surface area contributed by atoms with Gasteiger partial charge in [0.1, 0.15) is 5.60 Å². The first-order chi connectivity index (χ1) is 15.4. The summed E-state index contributed by atoms with van der Waals surface area (Å²) in [5.41, 5.74) is -0.332. The molecule has 0 bridgehead atoms. The third-order valence-electron chi connectivity index (χ3n) is 5.75. The summed E-state index contributed by atoms with van der Waals surface area (Å²) in [6.07, 6.45) is -4.34. The molecule has 0 N–H and O–H groups in total. The van der Waals surface area contributed by atoms with Crippen molar-refractivity contribution in [2.24, 2.45) is 0 Å². The number of hydrogen-bond donors (Lipinski definition) is 0. The van der Waals surface area contributed by atoms with Gasteiger partial charge in [-0.15, -0.1) is 0 Å². The lowest BCUT2D eigenvalue weighted by atomic mass is 10.00. The lowest BCUT2D eigenvalue weighted by Crippen LogP contribution is -2.51. The molecule has 2 aliphatic rings. The monoisotopic (exact) mass is 471 g/mol. The van der Waals surface area contributed by atoms with Crippen LogP contribution >= 0.6 is 0 Å². The maximum Gasteiger partial charge on any atom is 0.471 e. The summed E-state index contributed by atoms with van der Waals surface area (Å²) in [7, 11) is 1.89. The summed E-state index contributed by atoms with van der Waals surface area (Å²) in [5.74, 6) is -2.74. The number of carbonyl (C=O) groups is 2. The van der Waals surface area contributed by atoms with Crippen LogP contribution in [0.5, 0.6) is 0 Å². The van der Waals surface area contributed by atoms with Crippen molar-refractivity contribution in [2.45, 2.75) is 51.4 Å². The second kappa shape index (κ2) is 9.89. The van der Waals surface area contributed by atoms with Gasteiger partial charge < -0.3 is 24.2 Å². The first-order valence-electron chi connectivity index (χ1n) is 11.2. The van der Waals surface area contributed by atoms with Gasteiger partial charge in [0.25, 0.3) is 0 Å². The molecule has 33 heavy (non-hydrogen) atoms. The summed E-state index contributed by atoms with van der Waals surface area (Å²) >= 11 is 0. The van der Waals surface area contributed by atoms with E-state index in [1.165, 1.54) is 12.1 Å². The van der Waals surface area contributed by atoms with Crippen molar-refractivity contribution in [2.75, 3.05) is 56.2 Å². The van der Waals surface area contributed by atoms with Crippen LogP contribution in [0.2, 0.25) is 0 Å². The largest absolute Gasteiger partial charge is 0.471 e. The normalized spacial score (nSPS) is 18.8. The number of amides is 1. The molecule has 7 nitrogen and oxygen atoms in total. The number of rotatable bonds is 4. The summed E-state index contributed by atoms with van der Waals surface area (Å²) in [6.45, 7) is 8.26. The second-order valence-corrected chi connectivity index (χ2v) is 9.51. The Morgan fingerprint density at radius 2 is 1.67 bits per heavy atom. The smallest absolute Gasteiger partial charge is 0.456 e. The van der Waals surface area contributed by atoms with Crippen molar-refractivity contribution < 1.29 is 32.2 Å². The molecule has 3 rings (SSSR count). The molecule has 1 aromatic carbocycles. The van der Waals surface area contributed by atoms with E-state index in [2.05, 4.69) is 0 Å². The SMILES string of the molecule is CN1CCC(N(C(=O)C(F)(F)F)c2cc(N3CCOCC3)ccc2C(=O)OC(C)(C)C)CC1. The van der Waals surface area contributed by atoms with Crippen molar-refractivity contribution in [3.8, 4) is 0 Å². The number of hydrogen-bond acceptors (Lipinski definition) is 6. The Hall–Kier alpha value is -2.33. The molecule has 0 atom stereocenters. The highest BCUT2D eigenvalue weighted by Gasteiger charge is 2.46.